The minimum absolute atomic E-state index is 0.192. The van der Waals surface area contributed by atoms with E-state index in [1.54, 1.807) is 4.90 Å². The molecular weight excluding hydrogens is 374 g/mol. The van der Waals surface area contributed by atoms with Crippen molar-refractivity contribution in [2.24, 2.45) is 0 Å². The van der Waals surface area contributed by atoms with Crippen LogP contribution in [0.5, 0.6) is 11.5 Å². The van der Waals surface area contributed by atoms with Crippen LogP contribution in [0.4, 0.5) is 4.79 Å². The summed E-state index contributed by atoms with van der Waals surface area (Å²) in [4.78, 5) is 14.6. The molecular formula is C22H23NO6. The van der Waals surface area contributed by atoms with Gasteiger partial charge in [-0.1, -0.05) is 36.4 Å². The van der Waals surface area contributed by atoms with Crippen molar-refractivity contribution in [3.05, 3.63) is 59.7 Å². The first-order chi connectivity index (χ1) is 14.1. The number of rotatable bonds is 3. The van der Waals surface area contributed by atoms with Crippen molar-refractivity contribution in [1.82, 2.24) is 4.90 Å². The fourth-order valence-electron chi connectivity index (χ4n) is 4.49. The number of carbonyl (C=O) groups is 1. The number of ether oxygens (including phenoxy) is 4. The molecule has 2 bridgehead atoms. The number of benzene rings is 2. The Hall–Kier alpha value is -2.77. The zero-order valence-corrected chi connectivity index (χ0v) is 16.0. The molecule has 7 heteroatoms. The largest absolute Gasteiger partial charge is 0.454 e. The molecule has 2 saturated heterocycles. The van der Waals surface area contributed by atoms with Crippen LogP contribution >= 0.6 is 0 Å². The van der Waals surface area contributed by atoms with Gasteiger partial charge in [0.15, 0.2) is 11.5 Å². The number of morpholine rings is 1. The number of piperidine rings is 1. The molecule has 3 aliphatic heterocycles. The van der Waals surface area contributed by atoms with Crippen LogP contribution in [0.25, 0.3) is 0 Å². The number of aliphatic hydroxyl groups is 1. The van der Waals surface area contributed by atoms with Crippen molar-refractivity contribution in [2.75, 3.05) is 20.0 Å². The standard InChI is InChI=1S/C22H23NO6/c24-21(27-11-15-4-2-1-3-5-15)23-17-9-22(25,10-18(23)13-26-12-17)16-6-7-19-20(8-16)29-14-28-19/h1-8,17-18,25H,9-14H2. The molecule has 0 saturated carbocycles. The van der Waals surface area contributed by atoms with Gasteiger partial charge in [-0.15, -0.1) is 0 Å². The van der Waals surface area contributed by atoms with E-state index in [1.165, 1.54) is 0 Å². The molecule has 3 aliphatic rings. The lowest BCUT2D eigenvalue weighted by Crippen LogP contribution is -2.62. The second kappa shape index (κ2) is 7.24. The fourth-order valence-corrected chi connectivity index (χ4v) is 4.49. The summed E-state index contributed by atoms with van der Waals surface area (Å²) in [5.74, 6) is 1.32. The van der Waals surface area contributed by atoms with Crippen molar-refractivity contribution < 1.29 is 28.8 Å². The van der Waals surface area contributed by atoms with Crippen LogP contribution in [0.3, 0.4) is 0 Å². The Morgan fingerprint density at radius 2 is 1.79 bits per heavy atom. The van der Waals surface area contributed by atoms with E-state index in [0.29, 0.717) is 37.6 Å². The number of hydrogen-bond donors (Lipinski definition) is 1. The summed E-state index contributed by atoms with van der Waals surface area (Å²) in [6.07, 6.45) is 0.396. The van der Waals surface area contributed by atoms with Crippen LogP contribution in [0.15, 0.2) is 48.5 Å². The molecule has 2 atom stereocenters. The lowest BCUT2D eigenvalue weighted by atomic mass is 9.77. The summed E-state index contributed by atoms with van der Waals surface area (Å²) < 4.78 is 22.1. The predicted octanol–water partition coefficient (Wildman–Crippen LogP) is 2.80. The van der Waals surface area contributed by atoms with Crippen LogP contribution in [-0.2, 0) is 21.7 Å². The Morgan fingerprint density at radius 3 is 2.55 bits per heavy atom. The summed E-state index contributed by atoms with van der Waals surface area (Å²) in [7, 11) is 0. The average Bonchev–Trinajstić information content (AvgIpc) is 3.20. The van der Waals surface area contributed by atoms with Crippen LogP contribution in [-0.4, -0.2) is 48.2 Å². The van der Waals surface area contributed by atoms with Crippen LogP contribution < -0.4 is 9.47 Å². The Labute approximate surface area is 168 Å². The Kier molecular flexibility index (Phi) is 4.56. The molecule has 152 valence electrons. The smallest absolute Gasteiger partial charge is 0.410 e. The van der Waals surface area contributed by atoms with Crippen molar-refractivity contribution >= 4 is 6.09 Å². The maximum Gasteiger partial charge on any atom is 0.410 e. The number of hydrogen-bond acceptors (Lipinski definition) is 6. The Morgan fingerprint density at radius 1 is 1.07 bits per heavy atom. The number of nitrogens with zero attached hydrogens (tertiary/aromatic N) is 1. The molecule has 0 aliphatic carbocycles. The summed E-state index contributed by atoms with van der Waals surface area (Å²) in [6, 6.07) is 14.6. The normalized spacial score (nSPS) is 27.6. The van der Waals surface area contributed by atoms with Gasteiger partial charge in [-0.3, -0.25) is 4.90 Å². The van der Waals surface area contributed by atoms with Crippen LogP contribution in [0.1, 0.15) is 24.0 Å². The Bertz CT molecular complexity index is 887. The second-order valence-corrected chi connectivity index (χ2v) is 7.80. The van der Waals surface area contributed by atoms with Gasteiger partial charge in [-0.2, -0.15) is 0 Å². The van der Waals surface area contributed by atoms with Gasteiger partial charge in [0, 0.05) is 12.8 Å². The van der Waals surface area contributed by atoms with E-state index in [-0.39, 0.29) is 31.6 Å². The molecule has 0 aromatic heterocycles. The van der Waals surface area contributed by atoms with Gasteiger partial charge in [0.2, 0.25) is 6.79 Å². The third-order valence-corrected chi connectivity index (χ3v) is 5.88. The molecule has 2 unspecified atom stereocenters. The van der Waals surface area contributed by atoms with E-state index in [0.717, 1.165) is 11.1 Å². The molecule has 0 radical (unpaired) electrons. The molecule has 7 nitrogen and oxygen atoms in total. The lowest BCUT2D eigenvalue weighted by molar-refractivity contribution is -0.137. The topological polar surface area (TPSA) is 77.5 Å². The quantitative estimate of drug-likeness (QED) is 0.858. The second-order valence-electron chi connectivity index (χ2n) is 7.80. The SMILES string of the molecule is O=C(OCc1ccccc1)N1C2COCC1CC(O)(c1ccc3c(c1)OCO3)C2. The molecule has 1 amide bonds. The van der Waals surface area contributed by atoms with Gasteiger partial charge >= 0.3 is 6.09 Å². The third-order valence-electron chi connectivity index (χ3n) is 5.88. The van der Waals surface area contributed by atoms with Gasteiger partial charge in [-0.05, 0) is 23.3 Å². The minimum Gasteiger partial charge on any atom is -0.454 e. The molecule has 0 spiro atoms. The lowest BCUT2D eigenvalue weighted by Gasteiger charge is -2.51. The zero-order valence-electron chi connectivity index (χ0n) is 16.0. The van der Waals surface area contributed by atoms with E-state index in [9.17, 15) is 9.90 Å². The van der Waals surface area contributed by atoms with Crippen LogP contribution in [0.2, 0.25) is 0 Å². The molecule has 3 heterocycles. The maximum absolute atomic E-state index is 12.8. The highest BCUT2D eigenvalue weighted by Gasteiger charge is 2.49. The van der Waals surface area contributed by atoms with Gasteiger partial charge < -0.3 is 24.1 Å². The first kappa shape index (κ1) is 18.3. The molecule has 1 N–H and O–H groups in total. The van der Waals surface area contributed by atoms with Gasteiger partial charge in [-0.25, -0.2) is 4.79 Å². The van der Waals surface area contributed by atoms with E-state index in [4.69, 9.17) is 18.9 Å². The first-order valence-electron chi connectivity index (χ1n) is 9.82. The number of fused-ring (bicyclic) bond motifs is 3. The van der Waals surface area contributed by atoms with Crippen molar-refractivity contribution in [3.63, 3.8) is 0 Å². The van der Waals surface area contributed by atoms with Gasteiger partial charge in [0.25, 0.3) is 0 Å². The fraction of sp³-hybridized carbons (Fsp3) is 0.409. The third kappa shape index (κ3) is 3.41. The van der Waals surface area contributed by atoms with Crippen LogP contribution in [0, 0.1) is 0 Å². The molecule has 2 fully saturated rings. The highest BCUT2D eigenvalue weighted by molar-refractivity contribution is 5.69. The van der Waals surface area contributed by atoms with Crippen molar-refractivity contribution in [1.29, 1.82) is 0 Å². The molecule has 2 aromatic carbocycles. The monoisotopic (exact) mass is 397 g/mol. The van der Waals surface area contributed by atoms with Crippen molar-refractivity contribution in [3.8, 4) is 11.5 Å². The van der Waals surface area contributed by atoms with E-state index >= 15 is 0 Å². The molecule has 5 rings (SSSR count). The van der Waals surface area contributed by atoms with Gasteiger partial charge in [0.05, 0.1) is 30.9 Å². The highest BCUT2D eigenvalue weighted by Crippen LogP contribution is 2.44. The van der Waals surface area contributed by atoms with E-state index in [1.807, 2.05) is 48.5 Å². The van der Waals surface area contributed by atoms with Crippen molar-refractivity contribution in [2.45, 2.75) is 37.1 Å². The van der Waals surface area contributed by atoms with Gasteiger partial charge in [0.1, 0.15) is 6.61 Å². The zero-order chi connectivity index (χ0) is 19.8. The van der Waals surface area contributed by atoms with E-state index < -0.39 is 5.60 Å². The number of amides is 1. The van der Waals surface area contributed by atoms with E-state index in [2.05, 4.69) is 0 Å². The predicted molar refractivity (Wildman–Crippen MR) is 103 cm³/mol. The average molecular weight is 397 g/mol. The Balaban J connectivity index is 1.32. The number of carbonyl (C=O) groups excluding carboxylic acids is 1. The summed E-state index contributed by atoms with van der Waals surface area (Å²) >= 11 is 0. The highest BCUT2D eigenvalue weighted by atomic mass is 16.7. The maximum atomic E-state index is 12.8. The first-order valence-corrected chi connectivity index (χ1v) is 9.82. The minimum atomic E-state index is -1.06. The summed E-state index contributed by atoms with van der Waals surface area (Å²) in [5.41, 5.74) is 0.656. The molecule has 2 aromatic rings. The molecule has 29 heavy (non-hydrogen) atoms. The summed E-state index contributed by atoms with van der Waals surface area (Å²) in [5, 5.41) is 11.5. The summed E-state index contributed by atoms with van der Waals surface area (Å²) in [6.45, 7) is 1.17.